The Bertz CT molecular complexity index is 334. The Hall–Kier alpha value is -0.870. The predicted molar refractivity (Wildman–Crippen MR) is 65.1 cm³/mol. The molecule has 4 nitrogen and oxygen atoms in total. The summed E-state index contributed by atoms with van der Waals surface area (Å²) in [5.41, 5.74) is 7.31. The summed E-state index contributed by atoms with van der Waals surface area (Å²) in [6.07, 6.45) is 6.50. The number of aryl methyl sites for hydroxylation is 1. The zero-order chi connectivity index (χ0) is 11.5. The minimum absolute atomic E-state index is 0.345. The Balaban J connectivity index is 2.02. The molecule has 0 spiro atoms. The highest BCUT2D eigenvalue weighted by Gasteiger charge is 2.22. The van der Waals surface area contributed by atoms with Gasteiger partial charge in [-0.2, -0.15) is 5.10 Å². The van der Waals surface area contributed by atoms with Gasteiger partial charge in [0, 0.05) is 36.9 Å². The molecule has 0 saturated carbocycles. The Morgan fingerprint density at radius 3 is 3.06 bits per heavy atom. The number of hydrogen-bond acceptors (Lipinski definition) is 3. The van der Waals surface area contributed by atoms with Crippen molar-refractivity contribution in [3.05, 3.63) is 18.0 Å². The van der Waals surface area contributed by atoms with Gasteiger partial charge in [-0.15, -0.1) is 0 Å². The van der Waals surface area contributed by atoms with Crippen LogP contribution in [0.1, 0.15) is 38.3 Å². The number of piperidine rings is 1. The molecule has 2 atom stereocenters. The van der Waals surface area contributed by atoms with Gasteiger partial charge in [-0.1, -0.05) is 0 Å². The van der Waals surface area contributed by atoms with Gasteiger partial charge in [-0.3, -0.25) is 9.58 Å². The largest absolute Gasteiger partial charge is 0.327 e. The van der Waals surface area contributed by atoms with E-state index in [1.807, 2.05) is 10.9 Å². The summed E-state index contributed by atoms with van der Waals surface area (Å²) in [7, 11) is 0. The number of nitrogens with two attached hydrogens (primary N) is 1. The normalized spacial score (nSPS) is 24.6. The lowest BCUT2D eigenvalue weighted by Gasteiger charge is -2.34. The van der Waals surface area contributed by atoms with Crippen molar-refractivity contribution in [3.8, 4) is 0 Å². The van der Waals surface area contributed by atoms with Crippen LogP contribution in [-0.4, -0.2) is 33.8 Å². The highest BCUT2D eigenvalue weighted by Crippen LogP contribution is 2.23. The molecule has 0 radical (unpaired) electrons. The second-order valence-corrected chi connectivity index (χ2v) is 4.70. The molecule has 0 aliphatic carbocycles. The van der Waals surface area contributed by atoms with Crippen LogP contribution in [0, 0.1) is 0 Å². The van der Waals surface area contributed by atoms with E-state index in [4.69, 9.17) is 5.73 Å². The predicted octanol–water partition coefficient (Wildman–Crippen LogP) is 1.39. The smallest absolute Gasteiger partial charge is 0.0537 e. The lowest BCUT2D eigenvalue weighted by atomic mass is 10.0. The summed E-state index contributed by atoms with van der Waals surface area (Å²) in [6.45, 7) is 7.46. The Kier molecular flexibility index (Phi) is 3.61. The fourth-order valence-electron chi connectivity index (χ4n) is 2.37. The van der Waals surface area contributed by atoms with Crippen LogP contribution in [0.3, 0.4) is 0 Å². The molecule has 4 heteroatoms. The van der Waals surface area contributed by atoms with Crippen molar-refractivity contribution in [2.75, 3.05) is 13.1 Å². The van der Waals surface area contributed by atoms with E-state index >= 15 is 0 Å². The molecule has 1 saturated heterocycles. The zero-order valence-corrected chi connectivity index (χ0v) is 10.3. The first-order valence-electron chi connectivity index (χ1n) is 6.22. The summed E-state index contributed by atoms with van der Waals surface area (Å²) >= 11 is 0. The molecular weight excluding hydrogens is 200 g/mol. The van der Waals surface area contributed by atoms with Gasteiger partial charge in [0.15, 0.2) is 0 Å². The van der Waals surface area contributed by atoms with Gasteiger partial charge in [0.05, 0.1) is 6.20 Å². The standard InChI is InChI=1S/C12H22N4/c1-3-16-8-11(7-14-16)10(2)15-6-4-5-12(13)9-15/h7-8,10,12H,3-6,9,13H2,1-2H3. The highest BCUT2D eigenvalue weighted by atomic mass is 15.3. The minimum Gasteiger partial charge on any atom is -0.327 e. The first-order chi connectivity index (χ1) is 7.70. The van der Waals surface area contributed by atoms with Crippen molar-refractivity contribution < 1.29 is 0 Å². The van der Waals surface area contributed by atoms with Crippen LogP contribution in [0.25, 0.3) is 0 Å². The van der Waals surface area contributed by atoms with Crippen LogP contribution in [-0.2, 0) is 6.54 Å². The third-order valence-electron chi connectivity index (χ3n) is 3.50. The quantitative estimate of drug-likeness (QED) is 0.840. The average molecular weight is 222 g/mol. The molecule has 1 aliphatic heterocycles. The fraction of sp³-hybridized carbons (Fsp3) is 0.750. The number of likely N-dealkylation sites (tertiary alicyclic amines) is 1. The number of rotatable bonds is 3. The second-order valence-electron chi connectivity index (χ2n) is 4.70. The number of aromatic nitrogens is 2. The van der Waals surface area contributed by atoms with Gasteiger partial charge in [0.25, 0.3) is 0 Å². The molecule has 2 unspecified atom stereocenters. The fourth-order valence-corrected chi connectivity index (χ4v) is 2.37. The van der Waals surface area contributed by atoms with E-state index in [2.05, 4.69) is 30.0 Å². The maximum atomic E-state index is 6.01. The van der Waals surface area contributed by atoms with Crippen molar-refractivity contribution in [2.45, 2.75) is 45.3 Å². The summed E-state index contributed by atoms with van der Waals surface area (Å²) in [5, 5.41) is 4.33. The topological polar surface area (TPSA) is 47.1 Å². The zero-order valence-electron chi connectivity index (χ0n) is 10.3. The second kappa shape index (κ2) is 4.97. The molecule has 0 aromatic carbocycles. The SMILES string of the molecule is CCn1cc(C(C)N2CCCC(N)C2)cn1. The molecule has 16 heavy (non-hydrogen) atoms. The molecule has 90 valence electrons. The lowest BCUT2D eigenvalue weighted by Crippen LogP contribution is -2.43. The average Bonchev–Trinajstić information content (AvgIpc) is 2.76. The maximum absolute atomic E-state index is 6.01. The van der Waals surface area contributed by atoms with Gasteiger partial charge < -0.3 is 5.73 Å². The molecule has 0 bridgehead atoms. The third kappa shape index (κ3) is 2.44. The van der Waals surface area contributed by atoms with E-state index in [1.165, 1.54) is 12.0 Å². The number of hydrogen-bond donors (Lipinski definition) is 1. The Morgan fingerprint density at radius 1 is 1.62 bits per heavy atom. The molecule has 2 N–H and O–H groups in total. The van der Waals surface area contributed by atoms with Crippen molar-refractivity contribution in [3.63, 3.8) is 0 Å². The molecular formula is C12H22N4. The van der Waals surface area contributed by atoms with Crippen molar-refractivity contribution in [2.24, 2.45) is 5.73 Å². The van der Waals surface area contributed by atoms with E-state index in [1.54, 1.807) is 0 Å². The van der Waals surface area contributed by atoms with Crippen LogP contribution in [0.15, 0.2) is 12.4 Å². The molecule has 1 fully saturated rings. The summed E-state index contributed by atoms with van der Waals surface area (Å²) in [6, 6.07) is 0.782. The summed E-state index contributed by atoms with van der Waals surface area (Å²) in [5.74, 6) is 0. The first-order valence-corrected chi connectivity index (χ1v) is 6.22. The first kappa shape index (κ1) is 11.6. The van der Waals surface area contributed by atoms with Gasteiger partial charge in [0.1, 0.15) is 0 Å². The van der Waals surface area contributed by atoms with E-state index < -0.39 is 0 Å². The highest BCUT2D eigenvalue weighted by molar-refractivity contribution is 5.10. The van der Waals surface area contributed by atoms with Crippen molar-refractivity contribution in [1.82, 2.24) is 14.7 Å². The van der Waals surface area contributed by atoms with E-state index in [0.29, 0.717) is 12.1 Å². The van der Waals surface area contributed by atoms with Gasteiger partial charge in [0.2, 0.25) is 0 Å². The van der Waals surface area contributed by atoms with Gasteiger partial charge in [-0.05, 0) is 33.2 Å². The van der Waals surface area contributed by atoms with Gasteiger partial charge >= 0.3 is 0 Å². The van der Waals surface area contributed by atoms with Crippen LogP contribution < -0.4 is 5.73 Å². The van der Waals surface area contributed by atoms with Crippen LogP contribution in [0.4, 0.5) is 0 Å². The number of nitrogens with zero attached hydrogens (tertiary/aromatic N) is 3. The molecule has 2 heterocycles. The van der Waals surface area contributed by atoms with Crippen LogP contribution >= 0.6 is 0 Å². The molecule has 0 amide bonds. The van der Waals surface area contributed by atoms with E-state index in [-0.39, 0.29) is 0 Å². The van der Waals surface area contributed by atoms with E-state index in [0.717, 1.165) is 26.1 Å². The third-order valence-corrected chi connectivity index (χ3v) is 3.50. The molecule has 1 aromatic heterocycles. The van der Waals surface area contributed by atoms with Crippen molar-refractivity contribution >= 4 is 0 Å². The monoisotopic (exact) mass is 222 g/mol. The van der Waals surface area contributed by atoms with E-state index in [9.17, 15) is 0 Å². The molecule has 1 aromatic rings. The summed E-state index contributed by atoms with van der Waals surface area (Å²) < 4.78 is 1.98. The maximum Gasteiger partial charge on any atom is 0.0537 e. The van der Waals surface area contributed by atoms with Gasteiger partial charge in [-0.25, -0.2) is 0 Å². The molecule has 2 rings (SSSR count). The van der Waals surface area contributed by atoms with Crippen LogP contribution in [0.2, 0.25) is 0 Å². The lowest BCUT2D eigenvalue weighted by molar-refractivity contribution is 0.159. The minimum atomic E-state index is 0.345. The van der Waals surface area contributed by atoms with Crippen LogP contribution in [0.5, 0.6) is 0 Å². The Labute approximate surface area is 97.4 Å². The van der Waals surface area contributed by atoms with Crippen molar-refractivity contribution in [1.29, 1.82) is 0 Å². The molecule has 1 aliphatic rings. The summed E-state index contributed by atoms with van der Waals surface area (Å²) in [4.78, 5) is 2.46. The Morgan fingerprint density at radius 2 is 2.44 bits per heavy atom.